The predicted octanol–water partition coefficient (Wildman–Crippen LogP) is 0.752. The van der Waals surface area contributed by atoms with Gasteiger partial charge in [0.1, 0.15) is 5.84 Å². The molecule has 1 aliphatic rings. The highest BCUT2D eigenvalue weighted by atomic mass is 15.2. The molecule has 5 nitrogen and oxygen atoms in total. The molecule has 1 aliphatic heterocycles. The second kappa shape index (κ2) is 4.94. The van der Waals surface area contributed by atoms with E-state index in [2.05, 4.69) is 35.8 Å². The largest absolute Gasteiger partial charge is 0.384 e. The molecular weight excluding hydrogens is 226 g/mol. The van der Waals surface area contributed by atoms with Gasteiger partial charge in [-0.2, -0.15) is 0 Å². The average molecular weight is 247 g/mol. The summed E-state index contributed by atoms with van der Waals surface area (Å²) in [6.07, 6.45) is 3.49. The Kier molecular flexibility index (Phi) is 3.52. The number of rotatable bonds is 3. The summed E-state index contributed by atoms with van der Waals surface area (Å²) in [6.45, 7) is 4.20. The van der Waals surface area contributed by atoms with Crippen LogP contribution in [-0.2, 0) is 0 Å². The highest BCUT2D eigenvalue weighted by molar-refractivity contribution is 6.00. The van der Waals surface area contributed by atoms with Crippen molar-refractivity contribution in [2.24, 2.45) is 11.7 Å². The van der Waals surface area contributed by atoms with E-state index < -0.39 is 0 Å². The van der Waals surface area contributed by atoms with Crippen molar-refractivity contribution in [1.29, 1.82) is 5.41 Å². The Balaban J connectivity index is 2.26. The fourth-order valence-electron chi connectivity index (χ4n) is 2.68. The van der Waals surface area contributed by atoms with E-state index in [9.17, 15) is 0 Å². The number of anilines is 1. The summed E-state index contributed by atoms with van der Waals surface area (Å²) in [6, 6.07) is 2.34. The van der Waals surface area contributed by atoms with Gasteiger partial charge in [0.05, 0.1) is 11.9 Å². The van der Waals surface area contributed by atoms with E-state index >= 15 is 0 Å². The fraction of sp³-hybridized carbons (Fsp3) is 0.538. The fourth-order valence-corrected chi connectivity index (χ4v) is 2.68. The van der Waals surface area contributed by atoms with Gasteiger partial charge in [-0.15, -0.1) is 0 Å². The summed E-state index contributed by atoms with van der Waals surface area (Å²) < 4.78 is 0. The molecule has 5 heteroatoms. The van der Waals surface area contributed by atoms with Gasteiger partial charge in [-0.05, 0) is 26.1 Å². The number of amidine groups is 1. The zero-order valence-electron chi connectivity index (χ0n) is 11.2. The van der Waals surface area contributed by atoms with Crippen LogP contribution in [0.3, 0.4) is 0 Å². The number of nitrogens with one attached hydrogen (secondary N) is 1. The lowest BCUT2D eigenvalue weighted by Crippen LogP contribution is -2.34. The molecule has 18 heavy (non-hydrogen) atoms. The molecule has 0 amide bonds. The Morgan fingerprint density at radius 2 is 2.22 bits per heavy atom. The maximum absolute atomic E-state index is 7.64. The van der Waals surface area contributed by atoms with Crippen LogP contribution in [0, 0.1) is 11.3 Å². The van der Waals surface area contributed by atoms with Gasteiger partial charge < -0.3 is 15.5 Å². The third-order valence-electron chi connectivity index (χ3n) is 3.67. The van der Waals surface area contributed by atoms with Crippen molar-refractivity contribution in [3.05, 3.63) is 24.0 Å². The van der Waals surface area contributed by atoms with Crippen LogP contribution in [0.4, 0.5) is 5.69 Å². The molecule has 2 heterocycles. The van der Waals surface area contributed by atoms with Crippen LogP contribution in [-0.4, -0.2) is 48.9 Å². The first-order chi connectivity index (χ1) is 8.50. The maximum atomic E-state index is 7.64. The predicted molar refractivity (Wildman–Crippen MR) is 74.1 cm³/mol. The van der Waals surface area contributed by atoms with Crippen LogP contribution < -0.4 is 10.6 Å². The molecule has 1 fully saturated rings. The maximum Gasteiger partial charge on any atom is 0.125 e. The van der Waals surface area contributed by atoms with Gasteiger partial charge >= 0.3 is 0 Å². The number of nitrogens with two attached hydrogens (primary N) is 1. The highest BCUT2D eigenvalue weighted by Crippen LogP contribution is 2.27. The van der Waals surface area contributed by atoms with E-state index in [4.69, 9.17) is 11.1 Å². The van der Waals surface area contributed by atoms with Crippen molar-refractivity contribution in [2.75, 3.05) is 32.1 Å². The first kappa shape index (κ1) is 12.8. The van der Waals surface area contributed by atoms with Gasteiger partial charge in [0.25, 0.3) is 0 Å². The number of nitrogens with zero attached hydrogens (tertiary/aromatic N) is 3. The van der Waals surface area contributed by atoms with Crippen molar-refractivity contribution in [3.8, 4) is 0 Å². The molecule has 3 N–H and O–H groups in total. The Morgan fingerprint density at radius 3 is 2.78 bits per heavy atom. The number of pyridine rings is 1. The van der Waals surface area contributed by atoms with E-state index in [1.165, 1.54) is 0 Å². The molecule has 98 valence electrons. The van der Waals surface area contributed by atoms with Crippen molar-refractivity contribution in [3.63, 3.8) is 0 Å². The molecule has 0 saturated carbocycles. The zero-order valence-corrected chi connectivity index (χ0v) is 11.2. The third-order valence-corrected chi connectivity index (χ3v) is 3.67. The van der Waals surface area contributed by atoms with Gasteiger partial charge in [-0.3, -0.25) is 10.4 Å². The lowest BCUT2D eigenvalue weighted by molar-refractivity contribution is 0.266. The van der Waals surface area contributed by atoms with E-state index in [1.54, 1.807) is 6.20 Å². The Labute approximate surface area is 108 Å². The average Bonchev–Trinajstić information content (AvgIpc) is 2.71. The van der Waals surface area contributed by atoms with Crippen molar-refractivity contribution >= 4 is 11.5 Å². The summed E-state index contributed by atoms with van der Waals surface area (Å²) in [5.41, 5.74) is 7.38. The van der Waals surface area contributed by atoms with Gasteiger partial charge in [-0.1, -0.05) is 6.92 Å². The number of likely N-dealkylation sites (N-methyl/N-ethyl adjacent to an activating group) is 1. The SMILES string of the molecule is CC1CN(c2cnccc2C(=N)N)CC1N(C)C. The van der Waals surface area contributed by atoms with E-state index in [1.807, 2.05) is 12.3 Å². The zero-order chi connectivity index (χ0) is 13.3. The lowest BCUT2D eigenvalue weighted by Gasteiger charge is -2.23. The molecule has 1 aromatic rings. The van der Waals surface area contributed by atoms with Crippen LogP contribution in [0.5, 0.6) is 0 Å². The topological polar surface area (TPSA) is 69.2 Å². The summed E-state index contributed by atoms with van der Waals surface area (Å²) in [5.74, 6) is 0.702. The summed E-state index contributed by atoms with van der Waals surface area (Å²) in [4.78, 5) is 8.70. The summed E-state index contributed by atoms with van der Waals surface area (Å²) >= 11 is 0. The van der Waals surface area contributed by atoms with Crippen LogP contribution in [0.15, 0.2) is 18.5 Å². The molecule has 2 rings (SSSR count). The van der Waals surface area contributed by atoms with E-state index in [-0.39, 0.29) is 5.84 Å². The van der Waals surface area contributed by atoms with E-state index in [0.717, 1.165) is 24.3 Å². The lowest BCUT2D eigenvalue weighted by atomic mass is 10.1. The minimum absolute atomic E-state index is 0.105. The number of aromatic nitrogens is 1. The minimum Gasteiger partial charge on any atom is -0.384 e. The highest BCUT2D eigenvalue weighted by Gasteiger charge is 2.32. The van der Waals surface area contributed by atoms with Gasteiger partial charge in [0, 0.05) is 30.9 Å². The monoisotopic (exact) mass is 247 g/mol. The molecule has 0 spiro atoms. The molecule has 0 aliphatic carbocycles. The molecule has 0 radical (unpaired) electrons. The molecule has 2 unspecified atom stereocenters. The minimum atomic E-state index is 0.105. The van der Waals surface area contributed by atoms with Gasteiger partial charge in [0.15, 0.2) is 0 Å². The Morgan fingerprint density at radius 1 is 1.50 bits per heavy atom. The second-order valence-corrected chi connectivity index (χ2v) is 5.22. The third kappa shape index (κ3) is 2.31. The number of hydrogen-bond acceptors (Lipinski definition) is 4. The van der Waals surface area contributed by atoms with Crippen LogP contribution in [0.2, 0.25) is 0 Å². The molecular formula is C13H21N5. The normalized spacial score (nSPS) is 23.7. The molecule has 1 saturated heterocycles. The van der Waals surface area contributed by atoms with E-state index in [0.29, 0.717) is 12.0 Å². The molecule has 0 bridgehead atoms. The van der Waals surface area contributed by atoms with Crippen molar-refractivity contribution < 1.29 is 0 Å². The first-order valence-corrected chi connectivity index (χ1v) is 6.20. The smallest absolute Gasteiger partial charge is 0.125 e. The standard InChI is InChI=1S/C13H21N5/c1-9-7-18(8-12(9)17(2)3)11-6-16-5-4-10(11)13(14)15/h4-6,9,12H,7-8H2,1-3H3,(H3,14,15). The van der Waals surface area contributed by atoms with Gasteiger partial charge in [0.2, 0.25) is 0 Å². The number of hydrogen-bond donors (Lipinski definition) is 2. The van der Waals surface area contributed by atoms with Crippen molar-refractivity contribution in [1.82, 2.24) is 9.88 Å². The first-order valence-electron chi connectivity index (χ1n) is 6.20. The molecule has 2 atom stereocenters. The summed E-state index contributed by atoms with van der Waals surface area (Å²) in [7, 11) is 4.22. The molecule has 1 aromatic heterocycles. The second-order valence-electron chi connectivity index (χ2n) is 5.22. The Hall–Kier alpha value is -1.62. The summed E-state index contributed by atoms with van der Waals surface area (Å²) in [5, 5.41) is 7.64. The van der Waals surface area contributed by atoms with Gasteiger partial charge in [-0.25, -0.2) is 0 Å². The van der Waals surface area contributed by atoms with Crippen molar-refractivity contribution in [2.45, 2.75) is 13.0 Å². The Bertz CT molecular complexity index is 443. The quantitative estimate of drug-likeness (QED) is 0.611. The van der Waals surface area contributed by atoms with Crippen LogP contribution >= 0.6 is 0 Å². The number of nitrogen functional groups attached to an aromatic ring is 1. The van der Waals surface area contributed by atoms with Crippen LogP contribution in [0.25, 0.3) is 0 Å². The van der Waals surface area contributed by atoms with Crippen LogP contribution in [0.1, 0.15) is 12.5 Å². The molecule has 0 aromatic carbocycles.